The van der Waals surface area contributed by atoms with Gasteiger partial charge in [0.15, 0.2) is 0 Å². The van der Waals surface area contributed by atoms with E-state index in [1.54, 1.807) is 0 Å². The lowest BCUT2D eigenvalue weighted by atomic mass is 9.98. The van der Waals surface area contributed by atoms with Crippen LogP contribution in [-0.4, -0.2) is 11.1 Å². The van der Waals surface area contributed by atoms with E-state index in [9.17, 15) is 9.90 Å². The maximum Gasteiger partial charge on any atom is 0.335 e. The Morgan fingerprint density at radius 1 is 1.50 bits per heavy atom. The number of benzene rings is 1. The van der Waals surface area contributed by atoms with E-state index in [1.807, 2.05) is 13.8 Å². The molecule has 0 fully saturated rings. The van der Waals surface area contributed by atoms with Gasteiger partial charge in [-0.3, -0.25) is 0 Å². The molecule has 1 rings (SSSR count). The zero-order valence-corrected chi connectivity index (χ0v) is 8.28. The first kappa shape index (κ1) is 10.6. The molecule has 1 aromatic carbocycles. The van der Waals surface area contributed by atoms with Crippen LogP contribution >= 0.6 is 0 Å². The van der Waals surface area contributed by atoms with Crippen LogP contribution in [0.1, 0.15) is 29.8 Å². The summed E-state index contributed by atoms with van der Waals surface area (Å²) >= 11 is 0. The summed E-state index contributed by atoms with van der Waals surface area (Å²) in [6, 6.07) is 4.07. The number of hydrogen-bond acceptors (Lipinski definition) is 2. The highest BCUT2D eigenvalue weighted by atomic mass is 16.4. The maximum absolute atomic E-state index is 11.1. The van der Waals surface area contributed by atoms with Crippen LogP contribution in [0.4, 0.5) is 0 Å². The molecule has 0 heterocycles. The van der Waals surface area contributed by atoms with Crippen molar-refractivity contribution in [3.05, 3.63) is 29.3 Å². The Balaban J connectivity index is 3.09. The Bertz CT molecular complexity index is 342. The zero-order valence-electron chi connectivity index (χ0n) is 8.28. The first-order valence-electron chi connectivity index (χ1n) is 4.54. The van der Waals surface area contributed by atoms with Crippen LogP contribution in [0.15, 0.2) is 18.2 Å². The molecule has 1 N–H and O–H groups in total. The smallest absolute Gasteiger partial charge is 0.335 e. The number of carboxylic acid groups (broad SMARTS) is 1. The van der Waals surface area contributed by atoms with Crippen LogP contribution in [0.3, 0.4) is 0 Å². The van der Waals surface area contributed by atoms with Crippen molar-refractivity contribution in [2.24, 2.45) is 5.92 Å². The third-order valence-electron chi connectivity index (χ3n) is 1.94. The second-order valence-corrected chi connectivity index (χ2v) is 3.72. The average Bonchev–Trinajstić information content (AvgIpc) is 2.01. The lowest BCUT2D eigenvalue weighted by molar-refractivity contribution is -0.268. The highest BCUT2D eigenvalue weighted by molar-refractivity contribution is 5.89. The largest absolute Gasteiger partial charge is 0.872 e. The van der Waals surface area contributed by atoms with Gasteiger partial charge in [0.1, 0.15) is 0 Å². The van der Waals surface area contributed by atoms with Gasteiger partial charge in [0.2, 0.25) is 0 Å². The van der Waals surface area contributed by atoms with Gasteiger partial charge in [0, 0.05) is 0 Å². The molecule has 1 aromatic rings. The van der Waals surface area contributed by atoms with Crippen molar-refractivity contribution in [3.63, 3.8) is 0 Å². The van der Waals surface area contributed by atoms with Gasteiger partial charge < -0.3 is 10.2 Å². The molecular weight excluding hydrogens is 180 g/mol. The molecule has 0 aliphatic carbocycles. The van der Waals surface area contributed by atoms with E-state index in [0.29, 0.717) is 17.9 Å². The standard InChI is InChI=1S/C11H14O3/c1-7(2)5-8-6-9(12)3-4-10(8)11(13)14/h3-4,6-7,12H,5H2,1-2H3,(H,13,14)/p-1. The summed E-state index contributed by atoms with van der Waals surface area (Å²) in [4.78, 5) is 10.8. The summed E-state index contributed by atoms with van der Waals surface area (Å²) in [5, 5.41) is 19.9. The van der Waals surface area contributed by atoms with E-state index in [1.165, 1.54) is 18.2 Å². The fourth-order valence-corrected chi connectivity index (χ4v) is 1.39. The number of rotatable bonds is 3. The molecule has 14 heavy (non-hydrogen) atoms. The summed E-state index contributed by atoms with van der Waals surface area (Å²) in [5.41, 5.74) is 0.860. The molecule has 0 unspecified atom stereocenters. The van der Waals surface area contributed by atoms with Crippen LogP contribution in [0.2, 0.25) is 0 Å². The number of carboxylic acids is 1. The van der Waals surface area contributed by atoms with Gasteiger partial charge in [0.25, 0.3) is 0 Å². The molecule has 0 aliphatic rings. The molecule has 0 aliphatic heterocycles. The van der Waals surface area contributed by atoms with Gasteiger partial charge in [-0.25, -0.2) is 4.79 Å². The first-order valence-corrected chi connectivity index (χ1v) is 4.54. The minimum absolute atomic E-state index is 0.134. The first-order chi connectivity index (χ1) is 6.50. The summed E-state index contributed by atoms with van der Waals surface area (Å²) in [5.74, 6) is -0.763. The Morgan fingerprint density at radius 2 is 2.14 bits per heavy atom. The molecule has 76 valence electrons. The van der Waals surface area contributed by atoms with Gasteiger partial charge in [-0.05, 0) is 24.0 Å². The molecule has 3 heteroatoms. The quantitative estimate of drug-likeness (QED) is 0.794. The molecule has 0 amide bonds. The molecule has 0 saturated heterocycles. The molecule has 0 saturated carbocycles. The van der Waals surface area contributed by atoms with E-state index in [0.717, 1.165) is 0 Å². The lowest BCUT2D eigenvalue weighted by Gasteiger charge is -2.12. The molecule has 0 atom stereocenters. The zero-order chi connectivity index (χ0) is 10.7. The maximum atomic E-state index is 11.1. The Kier molecular flexibility index (Phi) is 3.12. The van der Waals surface area contributed by atoms with Gasteiger partial charge in [0.05, 0.1) is 5.56 Å². The fraction of sp³-hybridized carbons (Fsp3) is 0.364. The minimum atomic E-state index is -0.972. The van der Waals surface area contributed by atoms with Crippen LogP contribution in [0.25, 0.3) is 0 Å². The number of hydrogen-bond donors (Lipinski definition) is 1. The topological polar surface area (TPSA) is 60.4 Å². The Labute approximate surface area is 83.0 Å². The van der Waals surface area contributed by atoms with Gasteiger partial charge in [-0.1, -0.05) is 26.0 Å². The normalized spacial score (nSPS) is 10.5. The second kappa shape index (κ2) is 4.13. The van der Waals surface area contributed by atoms with Gasteiger partial charge >= 0.3 is 5.97 Å². The highest BCUT2D eigenvalue weighted by Crippen LogP contribution is 2.18. The van der Waals surface area contributed by atoms with E-state index >= 15 is 0 Å². The molecule has 0 aromatic heterocycles. The Hall–Kier alpha value is -1.51. The van der Waals surface area contributed by atoms with E-state index in [-0.39, 0.29) is 11.3 Å². The Morgan fingerprint density at radius 3 is 2.64 bits per heavy atom. The van der Waals surface area contributed by atoms with Crippen molar-refractivity contribution in [2.45, 2.75) is 20.3 Å². The van der Waals surface area contributed by atoms with Crippen LogP contribution in [-0.2, 0) is 6.42 Å². The summed E-state index contributed by atoms with van der Waals surface area (Å²) < 4.78 is 0. The van der Waals surface area contributed by atoms with Crippen molar-refractivity contribution >= 4 is 5.97 Å². The third kappa shape index (κ3) is 2.49. The monoisotopic (exact) mass is 193 g/mol. The fourth-order valence-electron chi connectivity index (χ4n) is 1.39. The predicted molar refractivity (Wildman–Crippen MR) is 51.4 cm³/mol. The molecule has 0 spiro atoms. The van der Waals surface area contributed by atoms with Gasteiger partial charge in [-0.15, -0.1) is 5.75 Å². The van der Waals surface area contributed by atoms with E-state index < -0.39 is 5.97 Å². The summed E-state index contributed by atoms with van der Waals surface area (Å²) in [6.07, 6.45) is 0.623. The molecular formula is C11H13O3-. The minimum Gasteiger partial charge on any atom is -0.872 e. The van der Waals surface area contributed by atoms with Crippen molar-refractivity contribution in [2.75, 3.05) is 0 Å². The second-order valence-electron chi connectivity index (χ2n) is 3.72. The van der Waals surface area contributed by atoms with Crippen molar-refractivity contribution < 1.29 is 15.0 Å². The number of aromatic carboxylic acids is 1. The van der Waals surface area contributed by atoms with Crippen molar-refractivity contribution in [3.8, 4) is 5.75 Å². The lowest BCUT2D eigenvalue weighted by Crippen LogP contribution is -2.06. The SMILES string of the molecule is CC(C)Cc1cc([O-])ccc1C(=O)O. The van der Waals surface area contributed by atoms with Crippen LogP contribution < -0.4 is 5.11 Å². The predicted octanol–water partition coefficient (Wildman–Crippen LogP) is 1.66. The summed E-state index contributed by atoms with van der Waals surface area (Å²) in [7, 11) is 0. The van der Waals surface area contributed by atoms with Crippen LogP contribution in [0.5, 0.6) is 5.75 Å². The average molecular weight is 193 g/mol. The molecule has 0 bridgehead atoms. The van der Waals surface area contributed by atoms with E-state index in [4.69, 9.17) is 5.11 Å². The molecule has 3 nitrogen and oxygen atoms in total. The van der Waals surface area contributed by atoms with Crippen molar-refractivity contribution in [1.82, 2.24) is 0 Å². The van der Waals surface area contributed by atoms with Crippen LogP contribution in [0, 0.1) is 5.92 Å². The molecule has 0 radical (unpaired) electrons. The third-order valence-corrected chi connectivity index (χ3v) is 1.94. The van der Waals surface area contributed by atoms with Gasteiger partial charge in [-0.2, -0.15) is 0 Å². The van der Waals surface area contributed by atoms with Crippen molar-refractivity contribution in [1.29, 1.82) is 0 Å². The summed E-state index contributed by atoms with van der Waals surface area (Å²) in [6.45, 7) is 3.98. The highest BCUT2D eigenvalue weighted by Gasteiger charge is 2.09. The number of carbonyl (C=O) groups is 1. The van der Waals surface area contributed by atoms with E-state index in [2.05, 4.69) is 0 Å².